The average molecular weight is 301 g/mol. The molecule has 1 unspecified atom stereocenters. The molecular formula is C17H14ClFN2. The standard InChI is InChI=1S/C17H14ClFN2/c18-13-8-6-12(7-9-13)17(11-4-5-11)21-16-3-1-2-15(19)14(16)10-20/h1-3,6-9,11,17,21H,4-5H2. The molecule has 3 rings (SSSR count). The quantitative estimate of drug-likeness (QED) is 0.870. The summed E-state index contributed by atoms with van der Waals surface area (Å²) in [5.74, 6) is 0.0224. The topological polar surface area (TPSA) is 35.8 Å². The number of anilines is 1. The van der Waals surface area contributed by atoms with Crippen LogP contribution in [-0.2, 0) is 0 Å². The predicted octanol–water partition coefficient (Wildman–Crippen LogP) is 4.91. The summed E-state index contributed by atoms with van der Waals surface area (Å²) in [6, 6.07) is 14.3. The highest BCUT2D eigenvalue weighted by molar-refractivity contribution is 6.30. The van der Waals surface area contributed by atoms with Gasteiger partial charge in [-0.3, -0.25) is 0 Å². The van der Waals surface area contributed by atoms with Crippen molar-refractivity contribution in [3.8, 4) is 6.07 Å². The number of hydrogen-bond donors (Lipinski definition) is 1. The molecule has 1 fully saturated rings. The highest BCUT2D eigenvalue weighted by atomic mass is 35.5. The number of rotatable bonds is 4. The van der Waals surface area contributed by atoms with E-state index in [2.05, 4.69) is 5.32 Å². The molecule has 21 heavy (non-hydrogen) atoms. The van der Waals surface area contributed by atoms with Crippen molar-refractivity contribution >= 4 is 17.3 Å². The van der Waals surface area contributed by atoms with Crippen LogP contribution in [0.1, 0.15) is 30.0 Å². The highest BCUT2D eigenvalue weighted by Crippen LogP contribution is 2.43. The zero-order valence-electron chi connectivity index (χ0n) is 11.3. The first-order chi connectivity index (χ1) is 10.2. The Bertz CT molecular complexity index is 687. The molecule has 0 radical (unpaired) electrons. The van der Waals surface area contributed by atoms with Crippen LogP contribution in [0.5, 0.6) is 0 Å². The van der Waals surface area contributed by atoms with Gasteiger partial charge in [0.1, 0.15) is 17.4 Å². The molecule has 0 amide bonds. The molecule has 0 saturated heterocycles. The van der Waals surface area contributed by atoms with Gasteiger partial charge in [-0.2, -0.15) is 5.26 Å². The normalized spacial score (nSPS) is 15.3. The van der Waals surface area contributed by atoms with Gasteiger partial charge >= 0.3 is 0 Å². The van der Waals surface area contributed by atoms with Crippen LogP contribution in [0.15, 0.2) is 42.5 Å². The minimum Gasteiger partial charge on any atom is -0.377 e. The van der Waals surface area contributed by atoms with Gasteiger partial charge in [-0.25, -0.2) is 4.39 Å². The molecular weight excluding hydrogens is 287 g/mol. The zero-order chi connectivity index (χ0) is 14.8. The third-order valence-corrected chi connectivity index (χ3v) is 4.01. The lowest BCUT2D eigenvalue weighted by Gasteiger charge is -2.21. The molecule has 0 bridgehead atoms. The van der Waals surface area contributed by atoms with Gasteiger partial charge in [0.15, 0.2) is 0 Å². The second-order valence-electron chi connectivity index (χ2n) is 5.29. The number of nitrogens with zero attached hydrogens (tertiary/aromatic N) is 1. The van der Waals surface area contributed by atoms with Crippen LogP contribution in [0, 0.1) is 23.1 Å². The van der Waals surface area contributed by atoms with E-state index in [0.717, 1.165) is 18.4 Å². The van der Waals surface area contributed by atoms with E-state index in [1.807, 2.05) is 30.3 Å². The van der Waals surface area contributed by atoms with Gasteiger partial charge in [0.25, 0.3) is 0 Å². The molecule has 106 valence electrons. The van der Waals surface area contributed by atoms with E-state index in [0.29, 0.717) is 16.6 Å². The largest absolute Gasteiger partial charge is 0.377 e. The lowest BCUT2D eigenvalue weighted by Crippen LogP contribution is -2.14. The van der Waals surface area contributed by atoms with Crippen LogP contribution >= 0.6 is 11.6 Å². The Labute approximate surface area is 128 Å². The maximum Gasteiger partial charge on any atom is 0.143 e. The van der Waals surface area contributed by atoms with Crippen molar-refractivity contribution in [2.24, 2.45) is 5.92 Å². The molecule has 2 aromatic rings. The van der Waals surface area contributed by atoms with Crippen LogP contribution < -0.4 is 5.32 Å². The summed E-state index contributed by atoms with van der Waals surface area (Å²) < 4.78 is 13.7. The Hall–Kier alpha value is -2.05. The fourth-order valence-corrected chi connectivity index (χ4v) is 2.62. The summed E-state index contributed by atoms with van der Waals surface area (Å²) in [5, 5.41) is 13.1. The van der Waals surface area contributed by atoms with Crippen molar-refractivity contribution in [3.63, 3.8) is 0 Å². The molecule has 1 aliphatic carbocycles. The third-order valence-electron chi connectivity index (χ3n) is 3.76. The number of nitrogens with one attached hydrogen (secondary N) is 1. The molecule has 1 aliphatic rings. The average Bonchev–Trinajstić information content (AvgIpc) is 3.30. The Kier molecular flexibility index (Phi) is 3.81. The summed E-state index contributed by atoms with van der Waals surface area (Å²) in [6.45, 7) is 0. The van der Waals surface area contributed by atoms with Gasteiger partial charge in [0.05, 0.1) is 11.7 Å². The first kappa shape index (κ1) is 13.9. The molecule has 2 aromatic carbocycles. The van der Waals surface area contributed by atoms with Crippen molar-refractivity contribution in [1.82, 2.24) is 0 Å². The zero-order valence-corrected chi connectivity index (χ0v) is 12.1. The van der Waals surface area contributed by atoms with Crippen LogP contribution in [0.3, 0.4) is 0 Å². The number of benzene rings is 2. The van der Waals surface area contributed by atoms with Crippen molar-refractivity contribution in [2.75, 3.05) is 5.32 Å². The molecule has 1 saturated carbocycles. The van der Waals surface area contributed by atoms with Crippen LogP contribution in [0.2, 0.25) is 5.02 Å². The van der Waals surface area contributed by atoms with E-state index in [1.54, 1.807) is 12.1 Å². The van der Waals surface area contributed by atoms with Gasteiger partial charge in [0, 0.05) is 5.02 Å². The van der Waals surface area contributed by atoms with Crippen LogP contribution in [0.25, 0.3) is 0 Å². The summed E-state index contributed by atoms with van der Waals surface area (Å²) in [4.78, 5) is 0. The van der Waals surface area contributed by atoms with Crippen molar-refractivity contribution in [3.05, 3.63) is 64.4 Å². The Morgan fingerprint density at radius 2 is 1.90 bits per heavy atom. The molecule has 0 aromatic heterocycles. The number of hydrogen-bond acceptors (Lipinski definition) is 2. The van der Waals surface area contributed by atoms with Crippen LogP contribution in [0.4, 0.5) is 10.1 Å². The molecule has 1 N–H and O–H groups in total. The second kappa shape index (κ2) is 5.75. The molecule has 2 nitrogen and oxygen atoms in total. The maximum absolute atomic E-state index is 13.7. The Morgan fingerprint density at radius 1 is 1.19 bits per heavy atom. The highest BCUT2D eigenvalue weighted by Gasteiger charge is 2.32. The monoisotopic (exact) mass is 300 g/mol. The van der Waals surface area contributed by atoms with E-state index in [4.69, 9.17) is 16.9 Å². The predicted molar refractivity (Wildman–Crippen MR) is 81.7 cm³/mol. The van der Waals surface area contributed by atoms with Gasteiger partial charge in [0.2, 0.25) is 0 Å². The summed E-state index contributed by atoms with van der Waals surface area (Å²) in [6.07, 6.45) is 2.27. The van der Waals surface area contributed by atoms with Crippen molar-refractivity contribution < 1.29 is 4.39 Å². The molecule has 0 heterocycles. The SMILES string of the molecule is N#Cc1c(F)cccc1NC(c1ccc(Cl)cc1)C1CC1. The first-order valence-electron chi connectivity index (χ1n) is 6.89. The molecule has 1 atom stereocenters. The van der Waals surface area contributed by atoms with Crippen molar-refractivity contribution in [2.45, 2.75) is 18.9 Å². The Balaban J connectivity index is 1.92. The lowest BCUT2D eigenvalue weighted by atomic mass is 10.0. The fourth-order valence-electron chi connectivity index (χ4n) is 2.50. The first-order valence-corrected chi connectivity index (χ1v) is 7.27. The number of halogens is 2. The van der Waals surface area contributed by atoms with E-state index < -0.39 is 5.82 Å². The summed E-state index contributed by atoms with van der Waals surface area (Å²) in [5.41, 5.74) is 1.72. The number of nitriles is 1. The van der Waals surface area contributed by atoms with Gasteiger partial charge < -0.3 is 5.32 Å². The summed E-state index contributed by atoms with van der Waals surface area (Å²) in [7, 11) is 0. The molecule has 0 aliphatic heterocycles. The molecule has 4 heteroatoms. The lowest BCUT2D eigenvalue weighted by molar-refractivity contribution is 0.622. The van der Waals surface area contributed by atoms with Crippen LogP contribution in [-0.4, -0.2) is 0 Å². The van der Waals surface area contributed by atoms with Gasteiger partial charge in [-0.05, 0) is 48.6 Å². The smallest absolute Gasteiger partial charge is 0.143 e. The van der Waals surface area contributed by atoms with E-state index in [9.17, 15) is 4.39 Å². The van der Waals surface area contributed by atoms with E-state index in [1.165, 1.54) is 6.07 Å². The summed E-state index contributed by atoms with van der Waals surface area (Å²) >= 11 is 5.93. The van der Waals surface area contributed by atoms with Gasteiger partial charge in [-0.1, -0.05) is 29.8 Å². The fraction of sp³-hybridized carbons (Fsp3) is 0.235. The van der Waals surface area contributed by atoms with Gasteiger partial charge in [-0.15, -0.1) is 0 Å². The minimum absolute atomic E-state index is 0.0668. The maximum atomic E-state index is 13.7. The molecule has 0 spiro atoms. The third kappa shape index (κ3) is 3.01. The van der Waals surface area contributed by atoms with Crippen molar-refractivity contribution in [1.29, 1.82) is 5.26 Å². The Morgan fingerprint density at radius 3 is 2.52 bits per heavy atom. The van der Waals surface area contributed by atoms with E-state index in [-0.39, 0.29) is 11.6 Å². The minimum atomic E-state index is -0.492. The second-order valence-corrected chi connectivity index (χ2v) is 5.72. The van der Waals surface area contributed by atoms with E-state index >= 15 is 0 Å².